The summed E-state index contributed by atoms with van der Waals surface area (Å²) in [6.07, 6.45) is 3.17. The van der Waals surface area contributed by atoms with Crippen molar-refractivity contribution in [2.24, 2.45) is 0 Å². The highest BCUT2D eigenvalue weighted by molar-refractivity contribution is 5.02. The van der Waals surface area contributed by atoms with Gasteiger partial charge in [-0.25, -0.2) is 0 Å². The molecule has 1 aromatic heterocycles. The Labute approximate surface area is 48.5 Å². The predicted octanol–water partition coefficient (Wildman–Crippen LogP) is 1.37. The zero-order valence-electron chi connectivity index (χ0n) is 4.72. The molecule has 0 unspecified atom stereocenters. The minimum Gasteiger partial charge on any atom is -0.415 e. The van der Waals surface area contributed by atoms with Crippen LogP contribution in [0.15, 0.2) is 10.7 Å². The molecule has 1 aromatic rings. The number of oxazole rings is 1. The van der Waals surface area contributed by atoms with Crippen LogP contribution >= 0.6 is 0 Å². The van der Waals surface area contributed by atoms with Crippen LogP contribution in [0.25, 0.3) is 0 Å². The third-order valence-electron chi connectivity index (χ3n) is 0.811. The molecule has 8 heavy (non-hydrogen) atoms. The number of aromatic nitrogens is 1. The van der Waals surface area contributed by atoms with Crippen LogP contribution in [0.1, 0.15) is 11.6 Å². The van der Waals surface area contributed by atoms with Crippen LogP contribution in [0.5, 0.6) is 0 Å². The van der Waals surface area contributed by atoms with Crippen LogP contribution in [-0.2, 0) is 0 Å². The van der Waals surface area contributed by atoms with Crippen molar-refractivity contribution in [3.8, 4) is 0 Å². The minimum atomic E-state index is 0.586. The van der Waals surface area contributed by atoms with Gasteiger partial charge >= 0.3 is 5.89 Å². The van der Waals surface area contributed by atoms with Gasteiger partial charge in [0.1, 0.15) is 6.26 Å². The maximum Gasteiger partial charge on any atom is 0.354 e. The van der Waals surface area contributed by atoms with Gasteiger partial charge in [0.15, 0.2) is 0 Å². The molecule has 0 bridgehead atoms. The number of hydrogen-bond donors (Lipinski definition) is 0. The van der Waals surface area contributed by atoms with E-state index in [1.165, 1.54) is 0 Å². The Morgan fingerprint density at radius 1 is 1.88 bits per heavy atom. The zero-order valence-corrected chi connectivity index (χ0v) is 4.72. The first-order valence-corrected chi connectivity index (χ1v) is 2.37. The molecule has 0 aromatic carbocycles. The summed E-state index contributed by atoms with van der Waals surface area (Å²) in [5.41, 5.74) is 0.889. The zero-order chi connectivity index (χ0) is 5.98. The van der Waals surface area contributed by atoms with Crippen molar-refractivity contribution in [2.45, 2.75) is 6.92 Å². The highest BCUT2D eigenvalue weighted by atomic mass is 16.3. The van der Waals surface area contributed by atoms with E-state index in [1.807, 2.05) is 6.92 Å². The van der Waals surface area contributed by atoms with Crippen molar-refractivity contribution in [1.82, 2.24) is 4.98 Å². The van der Waals surface area contributed by atoms with Crippen molar-refractivity contribution < 1.29 is 4.42 Å². The van der Waals surface area contributed by atoms with Gasteiger partial charge < -0.3 is 4.42 Å². The lowest BCUT2D eigenvalue weighted by Gasteiger charge is -1.72. The maximum atomic E-state index is 4.88. The number of nitrogens with zero attached hydrogens (tertiary/aromatic N) is 1. The Kier molecular flexibility index (Phi) is 1.24. The van der Waals surface area contributed by atoms with Gasteiger partial charge in [0, 0.05) is 6.42 Å². The van der Waals surface area contributed by atoms with Gasteiger partial charge in [-0.3, -0.25) is 0 Å². The van der Waals surface area contributed by atoms with Crippen molar-refractivity contribution in [1.29, 1.82) is 0 Å². The van der Waals surface area contributed by atoms with E-state index < -0.39 is 0 Å². The predicted molar refractivity (Wildman–Crippen MR) is 30.0 cm³/mol. The summed E-state index contributed by atoms with van der Waals surface area (Å²) in [4.78, 5) is 3.94. The first-order valence-electron chi connectivity index (χ1n) is 2.37. The first-order chi connectivity index (χ1) is 3.83. The van der Waals surface area contributed by atoms with Crippen molar-refractivity contribution in [2.75, 3.05) is 0 Å². The summed E-state index contributed by atoms with van der Waals surface area (Å²) in [6, 6.07) is 0. The maximum absolute atomic E-state index is 4.88. The SMILES string of the molecule is [CH2-][CH+]c1nc(C)co1. The molecule has 1 heterocycles. The van der Waals surface area contributed by atoms with Crippen molar-refractivity contribution in [3.63, 3.8) is 0 Å². The third-order valence-corrected chi connectivity index (χ3v) is 0.811. The second-order valence-corrected chi connectivity index (χ2v) is 1.53. The first kappa shape index (κ1) is 5.22. The van der Waals surface area contributed by atoms with Gasteiger partial charge in [-0.05, 0) is 6.92 Å². The van der Waals surface area contributed by atoms with E-state index in [0.717, 1.165) is 5.69 Å². The summed E-state index contributed by atoms with van der Waals surface area (Å²) in [5, 5.41) is 0. The molecule has 2 heteroatoms. The van der Waals surface area contributed by atoms with E-state index in [4.69, 9.17) is 4.42 Å². The molecule has 0 amide bonds. The molecule has 0 saturated carbocycles. The molecule has 2 nitrogen and oxygen atoms in total. The van der Waals surface area contributed by atoms with Crippen LogP contribution in [0.3, 0.4) is 0 Å². The Hall–Kier alpha value is -0.920. The molecule has 0 N–H and O–H groups in total. The fourth-order valence-electron chi connectivity index (χ4n) is 0.466. The summed E-state index contributed by atoms with van der Waals surface area (Å²) < 4.78 is 4.88. The van der Waals surface area contributed by atoms with Crippen LogP contribution in [0.4, 0.5) is 0 Å². The van der Waals surface area contributed by atoms with Crippen LogP contribution in [-0.4, -0.2) is 4.98 Å². The molecule has 0 aliphatic carbocycles. The van der Waals surface area contributed by atoms with Gasteiger partial charge in [-0.1, -0.05) is 0 Å². The monoisotopic (exact) mass is 109 g/mol. The molecule has 0 aliphatic rings. The quantitative estimate of drug-likeness (QED) is 0.509. The topological polar surface area (TPSA) is 26.0 Å². The summed E-state index contributed by atoms with van der Waals surface area (Å²) in [5.74, 6) is 0.586. The second kappa shape index (κ2) is 1.90. The highest BCUT2D eigenvalue weighted by Crippen LogP contribution is 2.00. The molecular weight excluding hydrogens is 102 g/mol. The summed E-state index contributed by atoms with van der Waals surface area (Å²) >= 11 is 0. The van der Waals surface area contributed by atoms with Gasteiger partial charge in [0.05, 0.1) is 5.69 Å². The normalized spacial score (nSPS) is 9.25. The van der Waals surface area contributed by atoms with E-state index >= 15 is 0 Å². The fraction of sp³-hybridized carbons (Fsp3) is 0.167. The standard InChI is InChI=1S/C6H7NO/c1-3-6-7-5(2)4-8-6/h3-4H,1H2,2H3. The molecule has 0 radical (unpaired) electrons. The van der Waals surface area contributed by atoms with E-state index in [0.29, 0.717) is 5.89 Å². The smallest absolute Gasteiger partial charge is 0.354 e. The molecule has 0 fully saturated rings. The van der Waals surface area contributed by atoms with E-state index in [2.05, 4.69) is 11.9 Å². The molecule has 1 rings (SSSR count). The van der Waals surface area contributed by atoms with Crippen molar-refractivity contribution >= 4 is 0 Å². The Morgan fingerprint density at radius 2 is 2.62 bits per heavy atom. The molecule has 42 valence electrons. The lowest BCUT2D eigenvalue weighted by molar-refractivity contribution is 0.530. The van der Waals surface area contributed by atoms with E-state index in [9.17, 15) is 0 Å². The third kappa shape index (κ3) is 0.832. The lowest BCUT2D eigenvalue weighted by Crippen LogP contribution is -1.74. The Balaban J connectivity index is 2.84. The van der Waals surface area contributed by atoms with Crippen molar-refractivity contribution in [3.05, 3.63) is 31.2 Å². The van der Waals surface area contributed by atoms with Gasteiger partial charge in [-0.2, -0.15) is 4.98 Å². The number of aryl methyl sites for hydroxylation is 1. The summed E-state index contributed by atoms with van der Waals surface area (Å²) in [7, 11) is 0. The minimum absolute atomic E-state index is 0.586. The molecule has 0 saturated heterocycles. The average Bonchev–Trinajstić information content (AvgIpc) is 2.14. The molecular formula is C6H7NO. The number of rotatable bonds is 1. The fourth-order valence-corrected chi connectivity index (χ4v) is 0.466. The second-order valence-electron chi connectivity index (χ2n) is 1.53. The van der Waals surface area contributed by atoms with Gasteiger partial charge in [-0.15, -0.1) is 6.92 Å². The Bertz CT molecular complexity index is 169. The average molecular weight is 109 g/mol. The largest absolute Gasteiger partial charge is 0.415 e. The molecule has 0 spiro atoms. The van der Waals surface area contributed by atoms with Crippen LogP contribution < -0.4 is 0 Å². The molecule has 0 aliphatic heterocycles. The van der Waals surface area contributed by atoms with Crippen LogP contribution in [0, 0.1) is 20.3 Å². The van der Waals surface area contributed by atoms with Gasteiger partial charge in [0.25, 0.3) is 0 Å². The van der Waals surface area contributed by atoms with Gasteiger partial charge in [0.2, 0.25) is 0 Å². The Morgan fingerprint density at radius 3 is 2.88 bits per heavy atom. The highest BCUT2D eigenvalue weighted by Gasteiger charge is 1.98. The number of hydrogen-bond acceptors (Lipinski definition) is 2. The van der Waals surface area contributed by atoms with E-state index in [-0.39, 0.29) is 0 Å². The van der Waals surface area contributed by atoms with Crippen LogP contribution in [0.2, 0.25) is 0 Å². The van der Waals surface area contributed by atoms with E-state index in [1.54, 1.807) is 12.7 Å². The lowest BCUT2D eigenvalue weighted by atomic mass is 10.5. The molecule has 0 atom stereocenters. The summed E-state index contributed by atoms with van der Waals surface area (Å²) in [6.45, 7) is 5.36.